The molecular formula is C80H156O2. The van der Waals surface area contributed by atoms with Crippen molar-refractivity contribution in [2.75, 3.05) is 0 Å². The van der Waals surface area contributed by atoms with E-state index in [1.165, 1.54) is 405 Å². The van der Waals surface area contributed by atoms with Crippen LogP contribution < -0.4 is 0 Å². The van der Waals surface area contributed by atoms with E-state index >= 15 is 0 Å². The summed E-state index contributed by atoms with van der Waals surface area (Å²) in [6.07, 6.45) is 104. The predicted octanol–water partition coefficient (Wildman–Crippen LogP) is 28.7. The molecule has 0 aromatic rings. The lowest BCUT2D eigenvalue weighted by Gasteiger charge is -2.17. The first kappa shape index (κ1) is 81.1. The molecule has 82 heavy (non-hydrogen) atoms. The monoisotopic (exact) mass is 1150 g/mol. The number of carbonyl (C=O) groups excluding carboxylic acids is 1. The summed E-state index contributed by atoms with van der Waals surface area (Å²) in [5.41, 5.74) is 0. The molecule has 0 saturated heterocycles. The van der Waals surface area contributed by atoms with Crippen molar-refractivity contribution in [2.24, 2.45) is 17.8 Å². The Morgan fingerprint density at radius 1 is 0.244 bits per heavy atom. The molecule has 1 N–H and O–H groups in total. The van der Waals surface area contributed by atoms with Gasteiger partial charge in [0.25, 0.3) is 0 Å². The van der Waals surface area contributed by atoms with Crippen LogP contribution in [0.25, 0.3) is 0 Å². The molecule has 0 rings (SSSR count). The van der Waals surface area contributed by atoms with Gasteiger partial charge >= 0.3 is 0 Å². The zero-order valence-electron chi connectivity index (χ0n) is 57.4. The van der Waals surface area contributed by atoms with Gasteiger partial charge in [-0.2, -0.15) is 0 Å². The quantitative estimate of drug-likeness (QED) is 0.0374. The van der Waals surface area contributed by atoms with Crippen LogP contribution >= 0.6 is 0 Å². The smallest absolute Gasteiger partial charge is 0.125 e. The minimum absolute atomic E-state index is 0.149. The molecule has 0 aromatic heterocycles. The third-order valence-electron chi connectivity index (χ3n) is 19.2. The van der Waals surface area contributed by atoms with Crippen molar-refractivity contribution in [1.82, 2.24) is 0 Å². The minimum Gasteiger partial charge on any atom is -0.392 e. The standard InChI is InChI=1S/C80H156O2/c1-5-7-9-11-13-15-17-19-21-23-26-30-38-44-50-56-62-68-74-79(76-81)80(82)75-69-63-57-51-45-39-31-27-24-25-29-35-41-47-53-59-65-71-78(4)73-67-61-55-49-43-37-33-32-36-42-48-54-60-66-72-77(3)70-64-58-52-46-40-34-28-22-20-18-16-14-12-10-8-6-2/h64,67,70,73,76-80,82H,5-63,65-66,68-69,71-72,74-75H2,1-4H3/b70-64+,73-67+. The number of unbranched alkanes of at least 4 members (excludes halogenated alkanes) is 59. The van der Waals surface area contributed by atoms with Gasteiger partial charge < -0.3 is 9.90 Å². The van der Waals surface area contributed by atoms with E-state index in [9.17, 15) is 9.90 Å². The maximum atomic E-state index is 11.7. The molecule has 488 valence electrons. The fraction of sp³-hybridized carbons (Fsp3) is 0.938. The second-order valence-corrected chi connectivity index (χ2v) is 27.8. The van der Waals surface area contributed by atoms with E-state index in [4.69, 9.17) is 0 Å². The highest BCUT2D eigenvalue weighted by Gasteiger charge is 2.17. The second kappa shape index (κ2) is 72.6. The zero-order valence-corrected chi connectivity index (χ0v) is 57.4. The van der Waals surface area contributed by atoms with E-state index in [2.05, 4.69) is 52.0 Å². The molecule has 2 nitrogen and oxygen atoms in total. The second-order valence-electron chi connectivity index (χ2n) is 27.8. The average Bonchev–Trinajstić information content (AvgIpc) is 3.48. The Balaban J connectivity index is 3.37. The van der Waals surface area contributed by atoms with Crippen LogP contribution in [0, 0.1) is 17.8 Å². The molecule has 0 fully saturated rings. The zero-order chi connectivity index (χ0) is 59.2. The number of aldehydes is 1. The summed E-state index contributed by atoms with van der Waals surface area (Å²) in [6.45, 7) is 9.47. The van der Waals surface area contributed by atoms with E-state index in [-0.39, 0.29) is 5.92 Å². The van der Waals surface area contributed by atoms with E-state index in [1.807, 2.05) is 0 Å². The summed E-state index contributed by atoms with van der Waals surface area (Å²) < 4.78 is 0. The van der Waals surface area contributed by atoms with Crippen molar-refractivity contribution in [1.29, 1.82) is 0 Å². The van der Waals surface area contributed by atoms with Crippen molar-refractivity contribution in [3.63, 3.8) is 0 Å². The Morgan fingerprint density at radius 3 is 0.646 bits per heavy atom. The van der Waals surface area contributed by atoms with Gasteiger partial charge in [0.05, 0.1) is 6.10 Å². The number of carbonyl (C=O) groups is 1. The van der Waals surface area contributed by atoms with Crippen LogP contribution in [0.1, 0.15) is 458 Å². The molecular weight excluding hydrogens is 993 g/mol. The first-order valence-corrected chi connectivity index (χ1v) is 39.0. The molecule has 0 aromatic carbocycles. The van der Waals surface area contributed by atoms with Gasteiger partial charge in [0.1, 0.15) is 6.29 Å². The summed E-state index contributed by atoms with van der Waals surface area (Å²) in [6, 6.07) is 0. The summed E-state index contributed by atoms with van der Waals surface area (Å²) in [7, 11) is 0. The molecule has 4 atom stereocenters. The van der Waals surface area contributed by atoms with Crippen LogP contribution in [-0.4, -0.2) is 17.5 Å². The number of hydrogen-bond acceptors (Lipinski definition) is 2. The number of allylic oxidation sites excluding steroid dienone is 4. The van der Waals surface area contributed by atoms with Crippen LogP contribution in [-0.2, 0) is 4.79 Å². The maximum Gasteiger partial charge on any atom is 0.125 e. The van der Waals surface area contributed by atoms with E-state index in [0.717, 1.165) is 43.8 Å². The number of aliphatic hydroxyl groups is 1. The number of hydrogen-bond donors (Lipinski definition) is 1. The summed E-state index contributed by atoms with van der Waals surface area (Å²) >= 11 is 0. The highest BCUT2D eigenvalue weighted by Crippen LogP contribution is 2.23. The SMILES string of the molecule is CCCCCCCCCCCCCCCC/C=C/C(C)CCCCCCCCCCCCCC/C=C/C(C)CCCCCCCCCCCCCCCCCCCC(O)C(C=O)CCCCCCCCCCCCCCCCCCCC. The number of aliphatic hydroxyl groups excluding tert-OH is 1. The highest BCUT2D eigenvalue weighted by atomic mass is 16.3. The molecule has 0 aliphatic heterocycles. The molecule has 0 amide bonds. The summed E-state index contributed by atoms with van der Waals surface area (Å²) in [5, 5.41) is 10.7. The number of rotatable bonds is 73. The van der Waals surface area contributed by atoms with E-state index in [1.54, 1.807) is 0 Å². The van der Waals surface area contributed by atoms with Gasteiger partial charge in [-0.3, -0.25) is 0 Å². The average molecular weight is 1150 g/mol. The Morgan fingerprint density at radius 2 is 0.427 bits per heavy atom. The van der Waals surface area contributed by atoms with Crippen LogP contribution in [0.3, 0.4) is 0 Å². The summed E-state index contributed by atoms with van der Waals surface area (Å²) in [5.74, 6) is 1.38. The molecule has 0 saturated carbocycles. The molecule has 0 radical (unpaired) electrons. The van der Waals surface area contributed by atoms with Crippen molar-refractivity contribution in [3.8, 4) is 0 Å². The van der Waals surface area contributed by atoms with E-state index < -0.39 is 6.10 Å². The molecule has 4 unspecified atom stereocenters. The van der Waals surface area contributed by atoms with Crippen LogP contribution in [0.4, 0.5) is 0 Å². The molecule has 0 aliphatic rings. The molecule has 0 bridgehead atoms. The third kappa shape index (κ3) is 68.2. The Kier molecular flexibility index (Phi) is 71.8. The van der Waals surface area contributed by atoms with E-state index in [0.29, 0.717) is 0 Å². The highest BCUT2D eigenvalue weighted by molar-refractivity contribution is 5.54. The Labute approximate surface area is 519 Å². The third-order valence-corrected chi connectivity index (χ3v) is 19.2. The van der Waals surface area contributed by atoms with Crippen molar-refractivity contribution in [3.05, 3.63) is 24.3 Å². The Bertz CT molecular complexity index is 1200. The fourth-order valence-electron chi connectivity index (χ4n) is 13.1. The maximum absolute atomic E-state index is 11.7. The van der Waals surface area contributed by atoms with Crippen molar-refractivity contribution in [2.45, 2.75) is 464 Å². The van der Waals surface area contributed by atoms with Gasteiger partial charge in [0.2, 0.25) is 0 Å². The van der Waals surface area contributed by atoms with Crippen molar-refractivity contribution >= 4 is 6.29 Å². The molecule has 2 heteroatoms. The van der Waals surface area contributed by atoms with Gasteiger partial charge in [-0.05, 0) is 63.2 Å². The van der Waals surface area contributed by atoms with Gasteiger partial charge in [0, 0.05) is 5.92 Å². The van der Waals surface area contributed by atoms with Crippen LogP contribution in [0.5, 0.6) is 0 Å². The normalized spacial score (nSPS) is 13.5. The lowest BCUT2D eigenvalue weighted by Crippen LogP contribution is -2.21. The van der Waals surface area contributed by atoms with Crippen molar-refractivity contribution < 1.29 is 9.90 Å². The lowest BCUT2D eigenvalue weighted by atomic mass is 9.92. The molecule has 0 heterocycles. The van der Waals surface area contributed by atoms with Gasteiger partial charge in [-0.25, -0.2) is 0 Å². The first-order chi connectivity index (χ1) is 40.5. The van der Waals surface area contributed by atoms with Crippen LogP contribution in [0.2, 0.25) is 0 Å². The molecule has 0 aliphatic carbocycles. The van der Waals surface area contributed by atoms with Gasteiger partial charge in [-0.1, -0.05) is 431 Å². The van der Waals surface area contributed by atoms with Crippen LogP contribution in [0.15, 0.2) is 24.3 Å². The lowest BCUT2D eigenvalue weighted by molar-refractivity contribution is -0.114. The van der Waals surface area contributed by atoms with Gasteiger partial charge in [0.15, 0.2) is 0 Å². The fourth-order valence-corrected chi connectivity index (χ4v) is 13.1. The molecule has 0 spiro atoms. The minimum atomic E-state index is -0.430. The first-order valence-electron chi connectivity index (χ1n) is 39.0. The predicted molar refractivity (Wildman–Crippen MR) is 373 cm³/mol. The topological polar surface area (TPSA) is 37.3 Å². The Hall–Kier alpha value is -0.890. The van der Waals surface area contributed by atoms with Gasteiger partial charge in [-0.15, -0.1) is 0 Å². The summed E-state index contributed by atoms with van der Waals surface area (Å²) in [4.78, 5) is 11.7. The largest absolute Gasteiger partial charge is 0.392 e.